The predicted octanol–water partition coefficient (Wildman–Crippen LogP) is 3.52. The lowest BCUT2D eigenvalue weighted by molar-refractivity contribution is 0.202. The Bertz CT molecular complexity index is 823. The molecule has 4 rings (SSSR count). The van der Waals surface area contributed by atoms with Gasteiger partial charge in [-0.1, -0.05) is 30.1 Å². The van der Waals surface area contributed by atoms with E-state index in [9.17, 15) is 0 Å². The van der Waals surface area contributed by atoms with Crippen LogP contribution in [0, 0.1) is 0 Å². The van der Waals surface area contributed by atoms with Crippen molar-refractivity contribution in [2.24, 2.45) is 0 Å². The zero-order valence-electron chi connectivity index (χ0n) is 14.3. The zero-order valence-corrected chi connectivity index (χ0v) is 14.3. The normalized spacial score (nSPS) is 15.9. The highest BCUT2D eigenvalue weighted by Crippen LogP contribution is 2.45. The Balaban J connectivity index is 1.40. The highest BCUT2D eigenvalue weighted by molar-refractivity contribution is 5.52. The van der Waals surface area contributed by atoms with E-state index in [0.717, 1.165) is 24.2 Å². The van der Waals surface area contributed by atoms with Crippen LogP contribution in [0.5, 0.6) is 0 Å². The molecule has 0 amide bonds. The van der Waals surface area contributed by atoms with Gasteiger partial charge in [0.15, 0.2) is 5.82 Å². The molecular weight excluding hydrogens is 318 g/mol. The van der Waals surface area contributed by atoms with Crippen molar-refractivity contribution in [2.75, 3.05) is 0 Å². The first-order valence-corrected chi connectivity index (χ1v) is 8.85. The number of hydrogen-bond donors (Lipinski definition) is 0. The SMILES string of the molecule is CCCC1(c2noc(CCc3nc(-c4ccncc4)no3)n2)CCC1. The monoisotopic (exact) mass is 339 g/mol. The fraction of sp³-hybridized carbons (Fsp3) is 0.500. The van der Waals surface area contributed by atoms with E-state index in [1.165, 1.54) is 19.3 Å². The predicted molar refractivity (Wildman–Crippen MR) is 89.7 cm³/mol. The Morgan fingerprint density at radius 1 is 1.00 bits per heavy atom. The molecule has 25 heavy (non-hydrogen) atoms. The molecule has 0 bridgehead atoms. The molecule has 1 fully saturated rings. The van der Waals surface area contributed by atoms with E-state index in [0.29, 0.717) is 30.4 Å². The number of aromatic nitrogens is 5. The topological polar surface area (TPSA) is 90.7 Å². The van der Waals surface area contributed by atoms with Gasteiger partial charge in [-0.2, -0.15) is 9.97 Å². The molecule has 1 aliphatic rings. The first-order valence-electron chi connectivity index (χ1n) is 8.85. The van der Waals surface area contributed by atoms with Gasteiger partial charge in [-0.3, -0.25) is 4.98 Å². The summed E-state index contributed by atoms with van der Waals surface area (Å²) in [5.74, 6) is 2.65. The molecule has 1 saturated carbocycles. The Labute approximate surface area is 145 Å². The molecule has 0 unspecified atom stereocenters. The summed E-state index contributed by atoms with van der Waals surface area (Å²) in [7, 11) is 0. The average Bonchev–Trinajstić information content (AvgIpc) is 3.27. The minimum absolute atomic E-state index is 0.148. The molecule has 0 N–H and O–H groups in total. The molecule has 3 aromatic heterocycles. The van der Waals surface area contributed by atoms with Crippen LogP contribution >= 0.6 is 0 Å². The van der Waals surface area contributed by atoms with Crippen LogP contribution < -0.4 is 0 Å². The van der Waals surface area contributed by atoms with Crippen LogP contribution in [0.4, 0.5) is 0 Å². The molecule has 3 heterocycles. The summed E-state index contributed by atoms with van der Waals surface area (Å²) in [4.78, 5) is 13.0. The number of pyridine rings is 1. The van der Waals surface area contributed by atoms with Crippen LogP contribution in [-0.2, 0) is 18.3 Å². The average molecular weight is 339 g/mol. The van der Waals surface area contributed by atoms with E-state index in [4.69, 9.17) is 9.05 Å². The van der Waals surface area contributed by atoms with E-state index in [2.05, 4.69) is 32.2 Å². The Morgan fingerprint density at radius 2 is 1.72 bits per heavy atom. The summed E-state index contributed by atoms with van der Waals surface area (Å²) in [6, 6.07) is 3.70. The van der Waals surface area contributed by atoms with Crippen LogP contribution in [0.3, 0.4) is 0 Å². The van der Waals surface area contributed by atoms with Gasteiger partial charge in [0.05, 0.1) is 0 Å². The highest BCUT2D eigenvalue weighted by Gasteiger charge is 2.41. The lowest BCUT2D eigenvalue weighted by Gasteiger charge is -2.38. The third kappa shape index (κ3) is 3.18. The first kappa shape index (κ1) is 15.9. The summed E-state index contributed by atoms with van der Waals surface area (Å²) in [6.07, 6.45) is 10.5. The van der Waals surface area contributed by atoms with E-state index >= 15 is 0 Å². The summed E-state index contributed by atoms with van der Waals surface area (Å²) >= 11 is 0. The fourth-order valence-corrected chi connectivity index (χ4v) is 3.43. The van der Waals surface area contributed by atoms with Crippen LogP contribution in [0.25, 0.3) is 11.4 Å². The second-order valence-corrected chi connectivity index (χ2v) is 6.64. The quantitative estimate of drug-likeness (QED) is 0.650. The van der Waals surface area contributed by atoms with Gasteiger partial charge in [-0.25, -0.2) is 0 Å². The third-order valence-electron chi connectivity index (χ3n) is 4.94. The van der Waals surface area contributed by atoms with E-state index in [-0.39, 0.29) is 5.41 Å². The van der Waals surface area contributed by atoms with Crippen molar-refractivity contribution in [3.05, 3.63) is 42.1 Å². The zero-order chi connectivity index (χ0) is 17.1. The molecule has 130 valence electrons. The van der Waals surface area contributed by atoms with Crippen molar-refractivity contribution in [2.45, 2.75) is 57.3 Å². The first-order chi connectivity index (χ1) is 12.3. The molecule has 0 aromatic carbocycles. The molecule has 0 saturated heterocycles. The molecule has 0 radical (unpaired) electrons. The minimum atomic E-state index is 0.148. The van der Waals surface area contributed by atoms with Crippen molar-refractivity contribution in [3.63, 3.8) is 0 Å². The molecule has 0 spiro atoms. The Hall–Kier alpha value is -2.57. The summed E-state index contributed by atoms with van der Waals surface area (Å²) in [5, 5.41) is 8.24. The van der Waals surface area contributed by atoms with Crippen LogP contribution in [-0.4, -0.2) is 25.3 Å². The van der Waals surface area contributed by atoms with Gasteiger partial charge >= 0.3 is 0 Å². The van der Waals surface area contributed by atoms with Gasteiger partial charge in [0.2, 0.25) is 17.6 Å². The maximum Gasteiger partial charge on any atom is 0.227 e. The van der Waals surface area contributed by atoms with Crippen LogP contribution in [0.2, 0.25) is 0 Å². The lowest BCUT2D eigenvalue weighted by atomic mass is 9.65. The smallest absolute Gasteiger partial charge is 0.227 e. The standard InChI is InChI=1S/C18H21N5O2/c1-2-8-18(9-3-10-18)17-21-15(25-23-17)5-4-14-20-16(22-24-14)13-6-11-19-12-7-13/h6-7,11-12H,2-5,8-10H2,1H3. The Morgan fingerprint density at radius 3 is 2.40 bits per heavy atom. The van der Waals surface area contributed by atoms with E-state index in [1.54, 1.807) is 12.4 Å². The maximum absolute atomic E-state index is 5.45. The number of hydrogen-bond acceptors (Lipinski definition) is 7. The molecule has 0 atom stereocenters. The summed E-state index contributed by atoms with van der Waals surface area (Å²) in [6.45, 7) is 2.21. The van der Waals surface area contributed by atoms with Crippen molar-refractivity contribution in [3.8, 4) is 11.4 Å². The Kier molecular flexibility index (Phi) is 4.29. The number of aryl methyl sites for hydroxylation is 2. The second kappa shape index (κ2) is 6.74. The van der Waals surface area contributed by atoms with Gasteiger partial charge in [0.1, 0.15) is 0 Å². The van der Waals surface area contributed by atoms with Crippen molar-refractivity contribution < 1.29 is 9.05 Å². The minimum Gasteiger partial charge on any atom is -0.339 e. The third-order valence-corrected chi connectivity index (χ3v) is 4.94. The van der Waals surface area contributed by atoms with Crippen molar-refractivity contribution in [1.29, 1.82) is 0 Å². The van der Waals surface area contributed by atoms with E-state index in [1.807, 2.05) is 12.1 Å². The molecular formula is C18H21N5O2. The van der Waals surface area contributed by atoms with Gasteiger partial charge in [-0.15, -0.1) is 0 Å². The van der Waals surface area contributed by atoms with Crippen molar-refractivity contribution in [1.82, 2.24) is 25.3 Å². The van der Waals surface area contributed by atoms with Gasteiger partial charge in [-0.05, 0) is 31.4 Å². The van der Waals surface area contributed by atoms with Gasteiger partial charge < -0.3 is 9.05 Å². The molecule has 1 aliphatic carbocycles. The van der Waals surface area contributed by atoms with Gasteiger partial charge in [0, 0.05) is 36.2 Å². The summed E-state index contributed by atoms with van der Waals surface area (Å²) < 4.78 is 10.8. The highest BCUT2D eigenvalue weighted by atomic mass is 16.5. The molecule has 7 heteroatoms. The molecule has 7 nitrogen and oxygen atoms in total. The fourth-order valence-electron chi connectivity index (χ4n) is 3.43. The van der Waals surface area contributed by atoms with Crippen LogP contribution in [0.1, 0.15) is 56.6 Å². The largest absolute Gasteiger partial charge is 0.339 e. The summed E-state index contributed by atoms with van der Waals surface area (Å²) in [5.41, 5.74) is 1.03. The number of nitrogens with zero attached hydrogens (tertiary/aromatic N) is 5. The molecule has 0 aliphatic heterocycles. The van der Waals surface area contributed by atoms with Crippen LogP contribution in [0.15, 0.2) is 33.6 Å². The number of rotatable bonds is 7. The second-order valence-electron chi connectivity index (χ2n) is 6.64. The van der Waals surface area contributed by atoms with Crippen molar-refractivity contribution >= 4 is 0 Å². The molecule has 3 aromatic rings. The lowest BCUT2D eigenvalue weighted by Crippen LogP contribution is -2.35. The van der Waals surface area contributed by atoms with E-state index < -0.39 is 0 Å². The maximum atomic E-state index is 5.45. The van der Waals surface area contributed by atoms with Gasteiger partial charge in [0.25, 0.3) is 0 Å².